The van der Waals surface area contributed by atoms with Crippen molar-refractivity contribution in [2.45, 2.75) is 6.04 Å². The average Bonchev–Trinajstić information content (AvgIpc) is 2.33. The summed E-state index contributed by atoms with van der Waals surface area (Å²) in [6.45, 7) is 2.68. The number of benzene rings is 1. The van der Waals surface area contributed by atoms with E-state index in [-0.39, 0.29) is 11.7 Å². The number of hydrogen-bond acceptors (Lipinski definition) is 3. The molecule has 94 valence electrons. The first-order valence-corrected chi connectivity index (χ1v) is 5.64. The predicted octanol–water partition coefficient (Wildman–Crippen LogP) is 1.39. The molecule has 17 heavy (non-hydrogen) atoms. The molecule has 0 saturated carbocycles. The Morgan fingerprint density at radius 3 is 3.00 bits per heavy atom. The highest BCUT2D eigenvalue weighted by molar-refractivity contribution is 5.47. The van der Waals surface area contributed by atoms with Crippen molar-refractivity contribution in [2.75, 3.05) is 38.3 Å². The van der Waals surface area contributed by atoms with Crippen LogP contribution in [0.2, 0.25) is 0 Å². The molecule has 5 heteroatoms. The van der Waals surface area contributed by atoms with E-state index in [1.165, 1.54) is 6.07 Å². The fourth-order valence-electron chi connectivity index (χ4n) is 1.94. The Labute approximate surface area is 99.4 Å². The molecule has 3 nitrogen and oxygen atoms in total. The molecule has 1 aliphatic rings. The monoisotopic (exact) mass is 242 g/mol. The first kappa shape index (κ1) is 12.3. The summed E-state index contributed by atoms with van der Waals surface area (Å²) in [5.41, 5.74) is 0.275. The number of ether oxygens (including phenoxy) is 1. The minimum atomic E-state index is -0.430. The third-order valence-electron chi connectivity index (χ3n) is 2.81. The first-order chi connectivity index (χ1) is 8.16. The maximum absolute atomic E-state index is 13.5. The maximum Gasteiger partial charge on any atom is 0.146 e. The molecule has 1 aromatic rings. The fourth-order valence-corrected chi connectivity index (χ4v) is 1.94. The second kappa shape index (κ2) is 5.42. The topological polar surface area (TPSA) is 24.5 Å². The number of rotatable bonds is 3. The summed E-state index contributed by atoms with van der Waals surface area (Å²) in [6, 6.07) is 3.62. The lowest BCUT2D eigenvalue weighted by Crippen LogP contribution is -2.47. The summed E-state index contributed by atoms with van der Waals surface area (Å²) in [5.74, 6) is -0.841. The molecule has 2 rings (SSSR count). The van der Waals surface area contributed by atoms with Gasteiger partial charge in [-0.15, -0.1) is 0 Å². The summed E-state index contributed by atoms with van der Waals surface area (Å²) >= 11 is 0. The molecule has 1 saturated heterocycles. The van der Waals surface area contributed by atoms with Gasteiger partial charge in [0.2, 0.25) is 0 Å². The molecule has 0 aliphatic carbocycles. The summed E-state index contributed by atoms with van der Waals surface area (Å²) in [7, 11) is 1.74. The van der Waals surface area contributed by atoms with Crippen LogP contribution in [0.1, 0.15) is 0 Å². The Morgan fingerprint density at radius 1 is 1.47 bits per heavy atom. The number of nitrogens with zero attached hydrogens (tertiary/aromatic N) is 1. The van der Waals surface area contributed by atoms with Crippen LogP contribution in [0.4, 0.5) is 14.5 Å². The summed E-state index contributed by atoms with van der Waals surface area (Å²) in [4.78, 5) is 1.70. The normalized spacial score (nSPS) is 20.3. The van der Waals surface area contributed by atoms with Crippen LogP contribution in [0.5, 0.6) is 0 Å². The van der Waals surface area contributed by atoms with E-state index in [0.717, 1.165) is 18.7 Å². The largest absolute Gasteiger partial charge is 0.378 e. The molecular formula is C12H16F2N2O. The van der Waals surface area contributed by atoms with Gasteiger partial charge in [0.05, 0.1) is 18.9 Å². The molecule has 0 amide bonds. The number of nitrogens with one attached hydrogen (secondary N) is 1. The van der Waals surface area contributed by atoms with E-state index < -0.39 is 11.6 Å². The smallest absolute Gasteiger partial charge is 0.146 e. The number of hydrogen-bond donors (Lipinski definition) is 1. The van der Waals surface area contributed by atoms with E-state index in [2.05, 4.69) is 5.32 Å². The molecule has 1 aliphatic heterocycles. The van der Waals surface area contributed by atoms with Crippen LogP contribution in [0.3, 0.4) is 0 Å². The highest BCUT2D eigenvalue weighted by Gasteiger charge is 2.17. The van der Waals surface area contributed by atoms with Gasteiger partial charge in [0.25, 0.3) is 0 Å². The van der Waals surface area contributed by atoms with Crippen LogP contribution in [0.15, 0.2) is 18.2 Å². The SMILES string of the molecule is CN(CC1COCCN1)c1cc(F)ccc1F. The second-order valence-electron chi connectivity index (χ2n) is 4.20. The van der Waals surface area contributed by atoms with Crippen LogP contribution < -0.4 is 10.2 Å². The zero-order valence-corrected chi connectivity index (χ0v) is 9.75. The van der Waals surface area contributed by atoms with Crippen LogP contribution in [-0.4, -0.2) is 39.4 Å². The van der Waals surface area contributed by atoms with Crippen molar-refractivity contribution in [2.24, 2.45) is 0 Å². The number of likely N-dealkylation sites (N-methyl/N-ethyl adjacent to an activating group) is 1. The second-order valence-corrected chi connectivity index (χ2v) is 4.20. The highest BCUT2D eigenvalue weighted by atomic mass is 19.1. The standard InChI is InChI=1S/C12H16F2N2O/c1-16(7-10-8-17-5-4-15-10)12-6-9(13)2-3-11(12)14/h2-3,6,10,15H,4-5,7-8H2,1H3. The maximum atomic E-state index is 13.5. The van der Waals surface area contributed by atoms with Crippen molar-refractivity contribution in [3.63, 3.8) is 0 Å². The summed E-state index contributed by atoms with van der Waals surface area (Å²) in [6.07, 6.45) is 0. The zero-order chi connectivity index (χ0) is 12.3. The summed E-state index contributed by atoms with van der Waals surface area (Å²) < 4.78 is 31.9. The molecule has 0 spiro atoms. The molecule has 0 aromatic heterocycles. The molecule has 1 heterocycles. The molecule has 0 bridgehead atoms. The van der Waals surface area contributed by atoms with Crippen molar-refractivity contribution in [1.29, 1.82) is 0 Å². The third kappa shape index (κ3) is 3.14. The Kier molecular flexibility index (Phi) is 3.91. The minimum Gasteiger partial charge on any atom is -0.378 e. The van der Waals surface area contributed by atoms with Crippen molar-refractivity contribution >= 4 is 5.69 Å². The van der Waals surface area contributed by atoms with Crippen LogP contribution in [0, 0.1) is 11.6 Å². The van der Waals surface area contributed by atoms with Crippen LogP contribution >= 0.6 is 0 Å². The van der Waals surface area contributed by atoms with E-state index in [0.29, 0.717) is 19.8 Å². The van der Waals surface area contributed by atoms with Gasteiger partial charge in [-0.3, -0.25) is 0 Å². The van der Waals surface area contributed by atoms with Gasteiger partial charge >= 0.3 is 0 Å². The van der Waals surface area contributed by atoms with Gasteiger partial charge in [0.1, 0.15) is 11.6 Å². The lowest BCUT2D eigenvalue weighted by molar-refractivity contribution is 0.0790. The molecule has 1 fully saturated rings. The van der Waals surface area contributed by atoms with Gasteiger partial charge in [-0.2, -0.15) is 0 Å². The predicted molar refractivity (Wildman–Crippen MR) is 62.2 cm³/mol. The number of halogens is 2. The van der Waals surface area contributed by atoms with E-state index >= 15 is 0 Å². The molecule has 1 aromatic carbocycles. The van der Waals surface area contributed by atoms with E-state index in [4.69, 9.17) is 4.74 Å². The Morgan fingerprint density at radius 2 is 2.29 bits per heavy atom. The van der Waals surface area contributed by atoms with E-state index in [1.807, 2.05) is 0 Å². The van der Waals surface area contributed by atoms with Gasteiger partial charge in [0.15, 0.2) is 0 Å². The number of anilines is 1. The highest BCUT2D eigenvalue weighted by Crippen LogP contribution is 2.19. The minimum absolute atomic E-state index is 0.149. The van der Waals surface area contributed by atoms with Crippen molar-refractivity contribution in [3.8, 4) is 0 Å². The first-order valence-electron chi connectivity index (χ1n) is 5.64. The van der Waals surface area contributed by atoms with Gasteiger partial charge in [-0.25, -0.2) is 8.78 Å². The lowest BCUT2D eigenvalue weighted by atomic mass is 10.2. The van der Waals surface area contributed by atoms with Gasteiger partial charge in [-0.05, 0) is 12.1 Å². The fraction of sp³-hybridized carbons (Fsp3) is 0.500. The Bertz CT molecular complexity index is 381. The van der Waals surface area contributed by atoms with Gasteiger partial charge in [0, 0.05) is 32.2 Å². The number of morpholine rings is 1. The molecule has 1 N–H and O–H groups in total. The molecule has 1 atom stereocenters. The molecule has 0 radical (unpaired) electrons. The lowest BCUT2D eigenvalue weighted by Gasteiger charge is -2.29. The molecule has 1 unspecified atom stereocenters. The van der Waals surface area contributed by atoms with E-state index in [1.54, 1.807) is 11.9 Å². The Hall–Kier alpha value is -1.20. The van der Waals surface area contributed by atoms with Crippen molar-refractivity contribution < 1.29 is 13.5 Å². The Balaban J connectivity index is 2.02. The average molecular weight is 242 g/mol. The van der Waals surface area contributed by atoms with Crippen molar-refractivity contribution in [3.05, 3.63) is 29.8 Å². The third-order valence-corrected chi connectivity index (χ3v) is 2.81. The van der Waals surface area contributed by atoms with Crippen LogP contribution in [0.25, 0.3) is 0 Å². The zero-order valence-electron chi connectivity index (χ0n) is 9.75. The van der Waals surface area contributed by atoms with E-state index in [9.17, 15) is 8.78 Å². The summed E-state index contributed by atoms with van der Waals surface area (Å²) in [5, 5.41) is 3.27. The van der Waals surface area contributed by atoms with Crippen LogP contribution in [-0.2, 0) is 4.74 Å². The van der Waals surface area contributed by atoms with Gasteiger partial charge in [-0.1, -0.05) is 0 Å². The quantitative estimate of drug-likeness (QED) is 0.867. The van der Waals surface area contributed by atoms with Crippen molar-refractivity contribution in [1.82, 2.24) is 5.32 Å². The van der Waals surface area contributed by atoms with Gasteiger partial charge < -0.3 is 15.0 Å². The molecular weight excluding hydrogens is 226 g/mol.